The Labute approximate surface area is 147 Å². The van der Waals surface area contributed by atoms with E-state index in [1.54, 1.807) is 18.3 Å². The minimum absolute atomic E-state index is 0.111. The Morgan fingerprint density at radius 1 is 0.846 bits per heavy atom. The van der Waals surface area contributed by atoms with E-state index in [9.17, 15) is 0 Å². The summed E-state index contributed by atoms with van der Waals surface area (Å²) >= 11 is 0. The van der Waals surface area contributed by atoms with Crippen LogP contribution >= 0.6 is 0 Å². The van der Waals surface area contributed by atoms with Crippen molar-refractivity contribution in [3.05, 3.63) is 60.7 Å². The molecule has 0 amide bonds. The fraction of sp³-hybridized carbons (Fsp3) is 0.0588. The quantitative estimate of drug-likeness (QED) is 0.559. The van der Waals surface area contributed by atoms with Crippen LogP contribution in [-0.4, -0.2) is 35.2 Å². The molecule has 0 aliphatic rings. The van der Waals surface area contributed by atoms with Gasteiger partial charge >= 0.3 is 0 Å². The normalized spacial score (nSPS) is 10.7. The lowest BCUT2D eigenvalue weighted by molar-refractivity contribution is 0.281. The van der Waals surface area contributed by atoms with Crippen LogP contribution in [0.25, 0.3) is 22.8 Å². The minimum Gasteiger partial charge on any atom is -0.392 e. The molecule has 0 bridgehead atoms. The maximum Gasteiger partial charge on any atom is 0.230 e. The van der Waals surface area contributed by atoms with Crippen LogP contribution in [0, 0.1) is 0 Å². The summed E-state index contributed by atoms with van der Waals surface area (Å²) in [6.07, 6.45) is 6.18. The van der Waals surface area contributed by atoms with Gasteiger partial charge in [0.1, 0.15) is 12.0 Å². The zero-order valence-electron chi connectivity index (χ0n) is 13.4. The van der Waals surface area contributed by atoms with Crippen LogP contribution in [0.2, 0.25) is 0 Å². The van der Waals surface area contributed by atoms with E-state index in [4.69, 9.17) is 9.63 Å². The van der Waals surface area contributed by atoms with Crippen molar-refractivity contribution in [3.8, 4) is 22.8 Å². The van der Waals surface area contributed by atoms with E-state index in [1.165, 1.54) is 18.7 Å². The maximum atomic E-state index is 9.03. The van der Waals surface area contributed by atoms with Gasteiger partial charge < -0.3 is 9.63 Å². The second-order valence-corrected chi connectivity index (χ2v) is 5.26. The molecule has 9 heteroatoms. The molecule has 26 heavy (non-hydrogen) atoms. The molecule has 0 aliphatic heterocycles. The molecule has 2 N–H and O–H groups in total. The maximum absolute atomic E-state index is 9.03. The topological polar surface area (TPSA) is 123 Å². The van der Waals surface area contributed by atoms with Crippen LogP contribution < -0.4 is 5.32 Å². The monoisotopic (exact) mass is 347 g/mol. The highest BCUT2D eigenvalue weighted by Gasteiger charge is 2.08. The summed E-state index contributed by atoms with van der Waals surface area (Å²) in [6, 6.07) is 9.07. The molecule has 9 nitrogen and oxygen atoms in total. The molecule has 0 aliphatic carbocycles. The summed E-state index contributed by atoms with van der Waals surface area (Å²) in [5.74, 6) is 0.677. The zero-order valence-corrected chi connectivity index (χ0v) is 13.4. The van der Waals surface area contributed by atoms with Crippen LogP contribution in [0.5, 0.6) is 0 Å². The van der Waals surface area contributed by atoms with E-state index in [2.05, 4.69) is 35.4 Å². The van der Waals surface area contributed by atoms with Crippen molar-refractivity contribution in [1.82, 2.24) is 30.1 Å². The molecule has 4 rings (SSSR count). The second-order valence-electron chi connectivity index (χ2n) is 5.26. The number of anilines is 2. The largest absolute Gasteiger partial charge is 0.392 e. The van der Waals surface area contributed by atoms with Crippen LogP contribution in [-0.2, 0) is 6.61 Å². The fourth-order valence-electron chi connectivity index (χ4n) is 2.23. The van der Waals surface area contributed by atoms with Gasteiger partial charge in [-0.25, -0.2) is 24.9 Å². The lowest BCUT2D eigenvalue weighted by Crippen LogP contribution is -2.02. The van der Waals surface area contributed by atoms with E-state index in [-0.39, 0.29) is 6.61 Å². The number of hydrogen-bond donors (Lipinski definition) is 2. The third-order valence-corrected chi connectivity index (χ3v) is 3.48. The SMILES string of the molecule is OCc1cnc(Nc2nccc(-c3cccc(-c4ccon4)n3)n2)nc1. The van der Waals surface area contributed by atoms with Crippen molar-refractivity contribution in [2.75, 3.05) is 5.32 Å². The van der Waals surface area contributed by atoms with Gasteiger partial charge in [0, 0.05) is 30.2 Å². The van der Waals surface area contributed by atoms with Crippen molar-refractivity contribution in [1.29, 1.82) is 0 Å². The molecule has 0 spiro atoms. The van der Waals surface area contributed by atoms with Gasteiger partial charge in [0.05, 0.1) is 23.7 Å². The molecule has 0 saturated heterocycles. The summed E-state index contributed by atoms with van der Waals surface area (Å²) < 4.78 is 4.86. The number of aliphatic hydroxyl groups excluding tert-OH is 1. The lowest BCUT2D eigenvalue weighted by Gasteiger charge is -2.06. The fourth-order valence-corrected chi connectivity index (χ4v) is 2.23. The third-order valence-electron chi connectivity index (χ3n) is 3.48. The number of nitrogens with one attached hydrogen (secondary N) is 1. The average Bonchev–Trinajstić information content (AvgIpc) is 3.24. The summed E-state index contributed by atoms with van der Waals surface area (Å²) in [5.41, 5.74) is 3.27. The van der Waals surface area contributed by atoms with Gasteiger partial charge in [-0.3, -0.25) is 5.32 Å². The summed E-state index contributed by atoms with van der Waals surface area (Å²) in [5, 5.41) is 15.8. The van der Waals surface area contributed by atoms with Crippen molar-refractivity contribution in [2.24, 2.45) is 0 Å². The van der Waals surface area contributed by atoms with Gasteiger partial charge in [0.15, 0.2) is 0 Å². The molecule has 0 atom stereocenters. The highest BCUT2D eigenvalue weighted by molar-refractivity contribution is 5.62. The van der Waals surface area contributed by atoms with Crippen LogP contribution in [0.4, 0.5) is 11.9 Å². The second kappa shape index (κ2) is 7.03. The molecular formula is C17H13N7O2. The number of aliphatic hydroxyl groups is 1. The first-order chi connectivity index (χ1) is 12.8. The van der Waals surface area contributed by atoms with Crippen molar-refractivity contribution < 1.29 is 9.63 Å². The summed E-state index contributed by atoms with van der Waals surface area (Å²) in [4.78, 5) is 21.4. The first kappa shape index (κ1) is 15.8. The standard InChI is InChI=1S/C17H13N7O2/c25-10-11-8-19-16(20-9-11)23-17-18-6-4-14(22-17)12-2-1-3-13(21-12)15-5-7-26-24-15/h1-9,25H,10H2,(H,18,19,20,22,23). The molecule has 0 unspecified atom stereocenters. The van der Waals surface area contributed by atoms with Crippen molar-refractivity contribution >= 4 is 11.9 Å². The Hall–Kier alpha value is -3.72. The molecule has 0 radical (unpaired) electrons. The first-order valence-electron chi connectivity index (χ1n) is 7.72. The predicted molar refractivity (Wildman–Crippen MR) is 92.0 cm³/mol. The molecule has 0 saturated carbocycles. The van der Waals surface area contributed by atoms with Gasteiger partial charge in [-0.1, -0.05) is 11.2 Å². The van der Waals surface area contributed by atoms with Gasteiger partial charge in [0.2, 0.25) is 11.9 Å². The lowest BCUT2D eigenvalue weighted by atomic mass is 10.2. The number of pyridine rings is 1. The molecular weight excluding hydrogens is 334 g/mol. The number of aromatic nitrogens is 6. The van der Waals surface area contributed by atoms with E-state index < -0.39 is 0 Å². The Morgan fingerprint density at radius 2 is 1.62 bits per heavy atom. The van der Waals surface area contributed by atoms with Gasteiger partial charge in [-0.15, -0.1) is 0 Å². The van der Waals surface area contributed by atoms with Crippen molar-refractivity contribution in [3.63, 3.8) is 0 Å². The van der Waals surface area contributed by atoms with E-state index in [1.807, 2.05) is 18.2 Å². The van der Waals surface area contributed by atoms with E-state index in [0.717, 1.165) is 0 Å². The highest BCUT2D eigenvalue weighted by atomic mass is 16.5. The van der Waals surface area contributed by atoms with E-state index in [0.29, 0.717) is 40.2 Å². The number of rotatable bonds is 5. The van der Waals surface area contributed by atoms with Gasteiger partial charge in [-0.05, 0) is 18.2 Å². The van der Waals surface area contributed by atoms with Gasteiger partial charge in [-0.2, -0.15) is 0 Å². The Kier molecular flexibility index (Phi) is 4.27. The van der Waals surface area contributed by atoms with E-state index >= 15 is 0 Å². The Morgan fingerprint density at radius 3 is 2.35 bits per heavy atom. The molecule has 0 aromatic carbocycles. The van der Waals surface area contributed by atoms with Crippen molar-refractivity contribution in [2.45, 2.75) is 6.61 Å². The highest BCUT2D eigenvalue weighted by Crippen LogP contribution is 2.21. The Bertz CT molecular complexity index is 1000. The Balaban J connectivity index is 1.60. The number of hydrogen-bond acceptors (Lipinski definition) is 9. The molecule has 4 aromatic heterocycles. The zero-order chi connectivity index (χ0) is 17.8. The smallest absolute Gasteiger partial charge is 0.230 e. The molecule has 4 heterocycles. The average molecular weight is 347 g/mol. The third kappa shape index (κ3) is 3.37. The van der Waals surface area contributed by atoms with Crippen LogP contribution in [0.3, 0.4) is 0 Å². The summed E-state index contributed by atoms with van der Waals surface area (Å²) in [6.45, 7) is -0.111. The summed E-state index contributed by atoms with van der Waals surface area (Å²) in [7, 11) is 0. The molecule has 0 fully saturated rings. The van der Waals surface area contributed by atoms with Crippen LogP contribution in [0.15, 0.2) is 59.7 Å². The predicted octanol–water partition coefficient (Wildman–Crippen LogP) is 2.22. The molecule has 4 aromatic rings. The first-order valence-corrected chi connectivity index (χ1v) is 7.72. The molecule has 128 valence electrons. The van der Waals surface area contributed by atoms with Crippen LogP contribution in [0.1, 0.15) is 5.56 Å². The minimum atomic E-state index is -0.111. The van der Waals surface area contributed by atoms with Gasteiger partial charge in [0.25, 0.3) is 0 Å². The number of nitrogens with zero attached hydrogens (tertiary/aromatic N) is 6.